The van der Waals surface area contributed by atoms with E-state index in [1.54, 1.807) is 6.07 Å². The molecule has 2 aromatic rings. The first-order valence-electron chi connectivity index (χ1n) is 5.58. The summed E-state index contributed by atoms with van der Waals surface area (Å²) in [6, 6.07) is 4.46. The molecule has 2 rings (SSSR count). The van der Waals surface area contributed by atoms with Crippen molar-refractivity contribution in [3.8, 4) is 0 Å². The molecule has 0 atom stereocenters. The molecular weight excluding hydrogens is 297 g/mol. The van der Waals surface area contributed by atoms with Gasteiger partial charge in [-0.15, -0.1) is 0 Å². The lowest BCUT2D eigenvalue weighted by molar-refractivity contribution is 0.103. The van der Waals surface area contributed by atoms with Gasteiger partial charge in [-0.25, -0.2) is 4.39 Å². The van der Waals surface area contributed by atoms with Gasteiger partial charge < -0.3 is 4.98 Å². The lowest BCUT2D eigenvalue weighted by Gasteiger charge is -2.04. The maximum atomic E-state index is 13.4. The number of nitrogens with one attached hydrogen (secondary N) is 1. The first kappa shape index (κ1) is 13.0. The molecule has 1 aromatic heterocycles. The zero-order valence-corrected chi connectivity index (χ0v) is 12.0. The van der Waals surface area contributed by atoms with Gasteiger partial charge in [-0.2, -0.15) is 0 Å². The molecule has 1 heterocycles. The number of aromatic nitrogens is 1. The van der Waals surface area contributed by atoms with Crippen LogP contribution in [0.4, 0.5) is 4.39 Å². The average molecular weight is 310 g/mol. The van der Waals surface area contributed by atoms with Crippen molar-refractivity contribution in [1.29, 1.82) is 0 Å². The maximum absolute atomic E-state index is 13.4. The van der Waals surface area contributed by atoms with Crippen molar-refractivity contribution < 1.29 is 9.18 Å². The monoisotopic (exact) mass is 309 g/mol. The van der Waals surface area contributed by atoms with E-state index in [-0.39, 0.29) is 10.3 Å². The average Bonchev–Trinajstić information content (AvgIpc) is 2.60. The van der Waals surface area contributed by atoms with Crippen LogP contribution in [-0.4, -0.2) is 10.8 Å². The van der Waals surface area contributed by atoms with E-state index in [1.165, 1.54) is 12.1 Å². The van der Waals surface area contributed by atoms with Crippen molar-refractivity contribution in [2.75, 3.05) is 0 Å². The number of halogens is 2. The van der Waals surface area contributed by atoms with Gasteiger partial charge in [-0.1, -0.05) is 6.07 Å². The zero-order chi connectivity index (χ0) is 13.4. The number of H-pyrrole nitrogens is 1. The quantitative estimate of drug-likeness (QED) is 0.833. The van der Waals surface area contributed by atoms with Crippen molar-refractivity contribution in [2.24, 2.45) is 0 Å². The van der Waals surface area contributed by atoms with Gasteiger partial charge in [0.15, 0.2) is 0 Å². The highest BCUT2D eigenvalue weighted by molar-refractivity contribution is 9.10. The van der Waals surface area contributed by atoms with E-state index in [0.29, 0.717) is 11.3 Å². The van der Waals surface area contributed by atoms with Crippen molar-refractivity contribution in [3.63, 3.8) is 0 Å². The molecule has 94 valence electrons. The van der Waals surface area contributed by atoms with Crippen molar-refractivity contribution in [3.05, 3.63) is 56.6 Å². The van der Waals surface area contributed by atoms with Crippen LogP contribution in [-0.2, 0) is 0 Å². The van der Waals surface area contributed by atoms with Crippen LogP contribution in [0.15, 0.2) is 22.7 Å². The van der Waals surface area contributed by atoms with Crippen LogP contribution in [0.2, 0.25) is 0 Å². The van der Waals surface area contributed by atoms with Gasteiger partial charge in [0.05, 0.1) is 10.2 Å². The number of ketones is 1. The first-order chi connectivity index (χ1) is 8.43. The number of hydrogen-bond acceptors (Lipinski definition) is 1. The molecule has 2 nitrogen and oxygen atoms in total. The molecule has 18 heavy (non-hydrogen) atoms. The number of aryl methyl sites for hydroxylation is 1. The molecule has 1 aromatic carbocycles. The van der Waals surface area contributed by atoms with Crippen LogP contribution in [0.3, 0.4) is 0 Å². The normalized spacial score (nSPS) is 10.7. The number of benzene rings is 1. The first-order valence-corrected chi connectivity index (χ1v) is 6.37. The lowest BCUT2D eigenvalue weighted by Crippen LogP contribution is -2.05. The Hall–Kier alpha value is -1.42. The van der Waals surface area contributed by atoms with Crippen molar-refractivity contribution >= 4 is 21.7 Å². The smallest absolute Gasteiger partial charge is 0.210 e. The highest BCUT2D eigenvalue weighted by Crippen LogP contribution is 2.25. The van der Waals surface area contributed by atoms with Crippen LogP contribution in [0.25, 0.3) is 0 Å². The second-order valence-electron chi connectivity index (χ2n) is 4.31. The zero-order valence-electron chi connectivity index (χ0n) is 10.4. The number of aromatic amines is 1. The summed E-state index contributed by atoms with van der Waals surface area (Å²) in [5.41, 5.74) is 3.79. The molecular formula is C14H13BrFNO. The van der Waals surface area contributed by atoms with Crippen LogP contribution in [0, 0.1) is 26.6 Å². The molecule has 0 spiro atoms. The van der Waals surface area contributed by atoms with E-state index < -0.39 is 5.82 Å². The predicted molar refractivity (Wildman–Crippen MR) is 72.5 cm³/mol. The van der Waals surface area contributed by atoms with Gasteiger partial charge in [0, 0.05) is 11.3 Å². The summed E-state index contributed by atoms with van der Waals surface area (Å²) in [5.74, 6) is -0.631. The number of hydrogen-bond donors (Lipinski definition) is 1. The highest BCUT2D eigenvalue weighted by atomic mass is 79.9. The second kappa shape index (κ2) is 4.69. The van der Waals surface area contributed by atoms with Gasteiger partial charge in [-0.3, -0.25) is 4.79 Å². The SMILES string of the molecule is Cc1[nH]c(C(=O)c2cccc(F)c2Br)c(C)c1C. The minimum Gasteiger partial charge on any atom is -0.356 e. The van der Waals surface area contributed by atoms with Crippen molar-refractivity contribution in [1.82, 2.24) is 4.98 Å². The van der Waals surface area contributed by atoms with E-state index in [1.807, 2.05) is 20.8 Å². The molecule has 0 unspecified atom stereocenters. The third-order valence-electron chi connectivity index (χ3n) is 3.24. The predicted octanol–water partition coefficient (Wildman–Crippen LogP) is 4.07. The Morgan fingerprint density at radius 2 is 1.89 bits per heavy atom. The summed E-state index contributed by atoms with van der Waals surface area (Å²) < 4.78 is 13.6. The summed E-state index contributed by atoms with van der Waals surface area (Å²) in [6.45, 7) is 5.76. The molecule has 0 bridgehead atoms. The third-order valence-corrected chi connectivity index (χ3v) is 4.04. The Balaban J connectivity index is 2.55. The number of carbonyl (C=O) groups is 1. The topological polar surface area (TPSA) is 32.9 Å². The van der Waals surface area contributed by atoms with Gasteiger partial charge >= 0.3 is 0 Å². The fourth-order valence-corrected chi connectivity index (χ4v) is 2.33. The Kier molecular flexibility index (Phi) is 3.39. The Bertz CT molecular complexity index is 631. The Morgan fingerprint density at radius 3 is 2.44 bits per heavy atom. The van der Waals surface area contributed by atoms with Gasteiger partial charge in [0.2, 0.25) is 5.78 Å². The maximum Gasteiger partial charge on any atom is 0.210 e. The standard InChI is InChI=1S/C14H13BrFNO/c1-7-8(2)13(17-9(7)3)14(18)10-5-4-6-11(16)12(10)15/h4-6,17H,1-3H3. The highest BCUT2D eigenvalue weighted by Gasteiger charge is 2.20. The summed E-state index contributed by atoms with van der Waals surface area (Å²) in [5, 5.41) is 0. The van der Waals surface area contributed by atoms with E-state index in [9.17, 15) is 9.18 Å². The van der Waals surface area contributed by atoms with E-state index in [4.69, 9.17) is 0 Å². The van der Waals surface area contributed by atoms with Crippen LogP contribution < -0.4 is 0 Å². The molecule has 0 saturated carbocycles. The summed E-state index contributed by atoms with van der Waals surface area (Å²) >= 11 is 3.12. The summed E-state index contributed by atoms with van der Waals surface area (Å²) in [7, 11) is 0. The van der Waals surface area contributed by atoms with Crippen LogP contribution in [0.5, 0.6) is 0 Å². The van der Waals surface area contributed by atoms with Gasteiger partial charge in [0.25, 0.3) is 0 Å². The van der Waals surface area contributed by atoms with E-state index in [0.717, 1.165) is 16.8 Å². The van der Waals surface area contributed by atoms with Crippen LogP contribution in [0.1, 0.15) is 32.9 Å². The van der Waals surface area contributed by atoms with E-state index >= 15 is 0 Å². The molecule has 0 aliphatic carbocycles. The minimum atomic E-state index is -0.432. The van der Waals surface area contributed by atoms with Gasteiger partial charge in [0.1, 0.15) is 5.82 Å². The lowest BCUT2D eigenvalue weighted by atomic mass is 10.0. The molecule has 4 heteroatoms. The molecule has 0 radical (unpaired) electrons. The summed E-state index contributed by atoms with van der Waals surface area (Å²) in [4.78, 5) is 15.4. The van der Waals surface area contributed by atoms with Gasteiger partial charge in [-0.05, 0) is 60.0 Å². The van der Waals surface area contributed by atoms with Crippen LogP contribution >= 0.6 is 15.9 Å². The molecule has 1 N–H and O–H groups in total. The largest absolute Gasteiger partial charge is 0.356 e. The second-order valence-corrected chi connectivity index (χ2v) is 5.10. The molecule has 0 saturated heterocycles. The summed E-state index contributed by atoms with van der Waals surface area (Å²) in [6.07, 6.45) is 0. The third kappa shape index (κ3) is 2.01. The van der Waals surface area contributed by atoms with E-state index in [2.05, 4.69) is 20.9 Å². The molecule has 0 aliphatic heterocycles. The molecule has 0 amide bonds. The fourth-order valence-electron chi connectivity index (χ4n) is 1.88. The Labute approximate surface area is 113 Å². The fraction of sp³-hybridized carbons (Fsp3) is 0.214. The number of rotatable bonds is 2. The number of carbonyl (C=O) groups excluding carboxylic acids is 1. The van der Waals surface area contributed by atoms with Crippen molar-refractivity contribution in [2.45, 2.75) is 20.8 Å². The molecule has 0 fully saturated rings. The minimum absolute atomic E-state index is 0.199. The molecule has 0 aliphatic rings. The Morgan fingerprint density at radius 1 is 1.22 bits per heavy atom.